The van der Waals surface area contributed by atoms with E-state index in [9.17, 15) is 14.3 Å². The van der Waals surface area contributed by atoms with Crippen molar-refractivity contribution in [2.45, 2.75) is 121 Å². The van der Waals surface area contributed by atoms with Crippen molar-refractivity contribution in [1.82, 2.24) is 24.8 Å². The molecule has 0 spiro atoms. The van der Waals surface area contributed by atoms with Gasteiger partial charge >= 0.3 is 18.3 Å². The van der Waals surface area contributed by atoms with E-state index in [0.29, 0.717) is 48.4 Å². The van der Waals surface area contributed by atoms with E-state index in [0.717, 1.165) is 19.4 Å². The maximum Gasteiger partial charge on any atom is 0.417 e. The fraction of sp³-hybridized carbons (Fsp3) is 0.500. The normalized spacial score (nSPS) is 23.7. The molecule has 4 saturated heterocycles. The number of benzene rings is 3. The molecule has 72 heavy (non-hydrogen) atoms. The van der Waals surface area contributed by atoms with Crippen molar-refractivity contribution < 1.29 is 59.9 Å². The molecule has 3 aromatic carbocycles. The van der Waals surface area contributed by atoms with Gasteiger partial charge in [-0.3, -0.25) is 9.80 Å². The van der Waals surface area contributed by atoms with Crippen LogP contribution < -0.4 is 28.7 Å². The number of pyridine rings is 1. The summed E-state index contributed by atoms with van der Waals surface area (Å²) in [5, 5.41) is 11.1. The van der Waals surface area contributed by atoms with E-state index in [4.69, 9.17) is 28.7 Å². The highest BCUT2D eigenvalue weighted by molar-refractivity contribution is 5.98. The summed E-state index contributed by atoms with van der Waals surface area (Å²) in [6.07, 6.45) is -5.46. The third kappa shape index (κ3) is 8.91. The number of methoxy groups -OCH3 is 2. The predicted octanol–water partition coefficient (Wildman–Crippen LogP) is 9.19. The lowest BCUT2D eigenvalue weighted by atomic mass is 9.95. The van der Waals surface area contributed by atoms with Crippen LogP contribution in [0.4, 0.5) is 42.6 Å². The van der Waals surface area contributed by atoms with E-state index in [1.807, 2.05) is 9.80 Å². The molecule has 10 rings (SSSR count). The van der Waals surface area contributed by atoms with E-state index in [1.54, 1.807) is 79.1 Å². The Kier molecular flexibility index (Phi) is 12.8. The van der Waals surface area contributed by atoms with E-state index >= 15 is 22.0 Å². The molecule has 5 aliphatic rings. The number of ether oxygens (including phenoxy) is 5. The van der Waals surface area contributed by atoms with E-state index in [1.165, 1.54) is 14.2 Å². The second-order valence-corrected chi connectivity index (χ2v) is 20.5. The van der Waals surface area contributed by atoms with Gasteiger partial charge in [0.15, 0.2) is 5.82 Å². The topological polar surface area (TPSA) is 135 Å². The number of nitrogens with zero attached hydrogens (tertiary/aromatic N) is 7. The monoisotopic (exact) mass is 1010 g/mol. The second-order valence-electron chi connectivity index (χ2n) is 20.5. The Morgan fingerprint density at radius 1 is 0.931 bits per heavy atom. The number of hydrogen-bond donors (Lipinski definition) is 1. The van der Waals surface area contributed by atoms with Crippen LogP contribution in [0.3, 0.4) is 0 Å². The summed E-state index contributed by atoms with van der Waals surface area (Å²) < 4.78 is 126. The van der Waals surface area contributed by atoms with Crippen LogP contribution in [0.15, 0.2) is 54.6 Å². The number of fused-ring (bicyclic) bond motifs is 6. The van der Waals surface area contributed by atoms with Crippen LogP contribution in [0, 0.1) is 18.6 Å². The van der Waals surface area contributed by atoms with Gasteiger partial charge in [0, 0.05) is 38.2 Å². The summed E-state index contributed by atoms with van der Waals surface area (Å²) in [6.45, 7) is 6.52. The highest BCUT2D eigenvalue weighted by atomic mass is 19.4. The lowest BCUT2D eigenvalue weighted by molar-refractivity contribution is -0.137. The van der Waals surface area contributed by atoms with Crippen LogP contribution in [0.25, 0.3) is 22.2 Å². The molecular formula is C52H57F6N7O7. The Labute approximate surface area is 412 Å². The van der Waals surface area contributed by atoms with Crippen molar-refractivity contribution >= 4 is 28.5 Å². The smallest absolute Gasteiger partial charge is 0.417 e. The lowest BCUT2D eigenvalue weighted by Gasteiger charge is -2.48. The number of anilines is 2. The Morgan fingerprint density at radius 3 is 2.21 bits per heavy atom. The van der Waals surface area contributed by atoms with E-state index in [2.05, 4.69) is 9.97 Å². The van der Waals surface area contributed by atoms with Gasteiger partial charge in [0.05, 0.1) is 55.7 Å². The Morgan fingerprint density at radius 2 is 1.60 bits per heavy atom. The molecule has 1 unspecified atom stereocenters. The first-order valence-electron chi connectivity index (χ1n) is 24.2. The number of aromatic nitrogens is 3. The quantitative estimate of drug-likeness (QED) is 0.119. The van der Waals surface area contributed by atoms with Crippen molar-refractivity contribution in [2.24, 2.45) is 0 Å². The van der Waals surface area contributed by atoms with Gasteiger partial charge < -0.3 is 38.6 Å². The summed E-state index contributed by atoms with van der Waals surface area (Å²) in [7, 11) is 3.02. The molecule has 2 aromatic heterocycles. The number of halogens is 6. The van der Waals surface area contributed by atoms with Crippen molar-refractivity contribution in [1.29, 1.82) is 0 Å². The van der Waals surface area contributed by atoms with Gasteiger partial charge in [-0.15, -0.1) is 0 Å². The molecule has 5 aromatic rings. The Hall–Kier alpha value is -6.28. The van der Waals surface area contributed by atoms with Crippen molar-refractivity contribution in [3.63, 3.8) is 0 Å². The van der Waals surface area contributed by atoms with Crippen LogP contribution in [-0.2, 0) is 24.0 Å². The van der Waals surface area contributed by atoms with Crippen LogP contribution in [0.1, 0.15) is 75.1 Å². The number of rotatable bonds is 12. The van der Waals surface area contributed by atoms with Gasteiger partial charge in [0.1, 0.15) is 64.2 Å². The van der Waals surface area contributed by atoms with Gasteiger partial charge in [-0.25, -0.2) is 22.9 Å². The minimum absolute atomic E-state index is 0.00356. The maximum absolute atomic E-state index is 18.1. The standard InChI is InChI=1S/C52H57F6N7O7/c1-28-40(52(56,57)58)35(20-37(41(28)54)62(22-29-8-13-33(68-5)14-9-29)23-30-10-15-34(69-6)16-11-30)43-42(55)44-39-46(61-48(60-44)70-27-51-18-7-19-63(51)24-31(53)21-51)64-25-32-12-17-36(65(32)49(67)72-50(2,3)4)45(64)38(26-66)71-47(39)59-43/h8-11,13-16,20,31-32,36,38,45,66H,7,12,17-19,21-27H2,1-6H3/t31-,32-,36+,38?,45+,51+/m1/s1. The number of amides is 1. The van der Waals surface area contributed by atoms with E-state index < -0.39 is 106 Å². The summed E-state index contributed by atoms with van der Waals surface area (Å²) in [4.78, 5) is 34.8. The molecule has 5 aliphatic heterocycles. The van der Waals surface area contributed by atoms with Crippen LogP contribution in [0.5, 0.6) is 23.4 Å². The summed E-state index contributed by atoms with van der Waals surface area (Å²) in [6, 6.07) is 12.5. The molecular weight excluding hydrogens is 949 g/mol. The van der Waals surface area contributed by atoms with Gasteiger partial charge in [-0.2, -0.15) is 23.1 Å². The Balaban J connectivity index is 1.16. The Bertz CT molecular complexity index is 2820. The minimum atomic E-state index is -5.24. The second kappa shape index (κ2) is 18.6. The first-order valence-corrected chi connectivity index (χ1v) is 24.2. The third-order valence-electron chi connectivity index (χ3n) is 14.8. The molecule has 14 nitrogen and oxygen atoms in total. The minimum Gasteiger partial charge on any atom is -0.497 e. The number of alkyl halides is 4. The third-order valence-corrected chi connectivity index (χ3v) is 14.8. The average Bonchev–Trinajstić information content (AvgIpc) is 3.95. The summed E-state index contributed by atoms with van der Waals surface area (Å²) >= 11 is 0. The van der Waals surface area contributed by atoms with Crippen LogP contribution in [0.2, 0.25) is 0 Å². The lowest BCUT2D eigenvalue weighted by Crippen LogP contribution is -2.66. The number of carbonyl (C=O) groups excluding carboxylic acids is 1. The molecule has 384 valence electrons. The molecule has 6 atom stereocenters. The molecule has 4 fully saturated rings. The van der Waals surface area contributed by atoms with Gasteiger partial charge in [0.25, 0.3) is 0 Å². The zero-order valence-corrected chi connectivity index (χ0v) is 40.9. The average molecular weight is 1010 g/mol. The van der Waals surface area contributed by atoms with Crippen molar-refractivity contribution in [2.75, 3.05) is 56.9 Å². The van der Waals surface area contributed by atoms with Gasteiger partial charge in [-0.05, 0) is 107 Å². The fourth-order valence-electron chi connectivity index (χ4n) is 11.6. The highest BCUT2D eigenvalue weighted by Gasteiger charge is 2.55. The van der Waals surface area contributed by atoms with Crippen LogP contribution >= 0.6 is 0 Å². The molecule has 0 saturated carbocycles. The summed E-state index contributed by atoms with van der Waals surface area (Å²) in [5.41, 5.74) is -4.93. The largest absolute Gasteiger partial charge is 0.497 e. The molecule has 1 amide bonds. The van der Waals surface area contributed by atoms with Crippen molar-refractivity contribution in [3.05, 3.63) is 88.5 Å². The molecule has 20 heteroatoms. The molecule has 0 aliphatic carbocycles. The van der Waals surface area contributed by atoms with Gasteiger partial charge in [0.2, 0.25) is 5.88 Å². The number of aliphatic hydroxyl groups excluding tert-OH is 1. The fourth-order valence-corrected chi connectivity index (χ4v) is 11.6. The molecule has 1 N–H and O–H groups in total. The summed E-state index contributed by atoms with van der Waals surface area (Å²) in [5.74, 6) is -1.70. The zero-order chi connectivity index (χ0) is 51.0. The predicted molar refractivity (Wildman–Crippen MR) is 254 cm³/mol. The maximum atomic E-state index is 18.1. The van der Waals surface area contributed by atoms with Crippen LogP contribution in [-0.4, -0.2) is 125 Å². The van der Waals surface area contributed by atoms with Gasteiger partial charge in [-0.1, -0.05) is 24.3 Å². The number of hydrogen-bond acceptors (Lipinski definition) is 13. The first-order chi connectivity index (χ1) is 34.3. The van der Waals surface area contributed by atoms with E-state index in [-0.39, 0.29) is 62.1 Å². The zero-order valence-electron chi connectivity index (χ0n) is 40.9. The molecule has 7 heterocycles. The number of piperazine rings is 1. The SMILES string of the molecule is COc1ccc(CN(Cc2ccc(OC)cc2)c2cc(-c3nc4c5c(nc(OC[C@@]67CCCN6C[C@H](F)C7)nc5c3F)N3C[C@H]5CC[C@@H]([C@H]3C(CO)O4)N5C(=O)OC(C)(C)C)c(C(F)(F)F)c(C)c2F)cc1. The number of carbonyl (C=O) groups is 1. The van der Waals surface area contributed by atoms with Crippen molar-refractivity contribution in [3.8, 4) is 34.6 Å². The molecule has 2 bridgehead atoms. The first kappa shape index (κ1) is 49.3. The molecule has 0 radical (unpaired) electrons. The highest BCUT2D eigenvalue weighted by Crippen LogP contribution is 2.50. The number of aliphatic hydroxyl groups is 1.